The van der Waals surface area contributed by atoms with Crippen LogP contribution in [0.1, 0.15) is 24.8 Å². The van der Waals surface area contributed by atoms with Crippen molar-refractivity contribution >= 4 is 16.3 Å². The minimum atomic E-state index is 0.408. The summed E-state index contributed by atoms with van der Waals surface area (Å²) in [7, 11) is 2.19. The lowest BCUT2D eigenvalue weighted by atomic mass is 9.68. The SMILES string of the molecule is Cc1ccsc1N(C)CC1(CN)CCC1. The molecule has 2 N–H and O–H groups in total. The van der Waals surface area contributed by atoms with Crippen LogP contribution in [-0.2, 0) is 0 Å². The van der Waals surface area contributed by atoms with Crippen molar-refractivity contribution in [2.24, 2.45) is 11.1 Å². The zero-order chi connectivity index (χ0) is 10.9. The fraction of sp³-hybridized carbons (Fsp3) is 0.667. The van der Waals surface area contributed by atoms with Gasteiger partial charge in [-0.15, -0.1) is 11.3 Å². The van der Waals surface area contributed by atoms with Gasteiger partial charge in [0.1, 0.15) is 0 Å². The second-order valence-electron chi connectivity index (χ2n) is 4.82. The first-order valence-corrected chi connectivity index (χ1v) is 6.50. The molecule has 2 nitrogen and oxygen atoms in total. The van der Waals surface area contributed by atoms with E-state index in [1.807, 2.05) is 11.3 Å². The van der Waals surface area contributed by atoms with Gasteiger partial charge < -0.3 is 10.6 Å². The maximum Gasteiger partial charge on any atom is 0.0935 e. The number of hydrogen-bond acceptors (Lipinski definition) is 3. The van der Waals surface area contributed by atoms with Gasteiger partial charge in [-0.3, -0.25) is 0 Å². The van der Waals surface area contributed by atoms with E-state index in [2.05, 4.69) is 30.3 Å². The van der Waals surface area contributed by atoms with Gasteiger partial charge in [-0.25, -0.2) is 0 Å². The van der Waals surface area contributed by atoms with Crippen molar-refractivity contribution in [3.05, 3.63) is 17.0 Å². The molecule has 2 rings (SSSR count). The molecule has 1 aliphatic carbocycles. The zero-order valence-electron chi connectivity index (χ0n) is 9.62. The third kappa shape index (κ3) is 2.04. The first kappa shape index (κ1) is 11.0. The Kier molecular flexibility index (Phi) is 3.03. The molecular formula is C12H20N2S. The van der Waals surface area contributed by atoms with Gasteiger partial charge in [0.05, 0.1) is 5.00 Å². The topological polar surface area (TPSA) is 29.3 Å². The average molecular weight is 224 g/mol. The third-order valence-corrected chi connectivity index (χ3v) is 4.73. The molecule has 1 fully saturated rings. The lowest BCUT2D eigenvalue weighted by molar-refractivity contribution is 0.154. The van der Waals surface area contributed by atoms with E-state index in [1.54, 1.807) is 0 Å². The predicted molar refractivity (Wildman–Crippen MR) is 67.7 cm³/mol. The number of aryl methyl sites for hydroxylation is 1. The van der Waals surface area contributed by atoms with Gasteiger partial charge in [0, 0.05) is 19.0 Å². The Bertz CT molecular complexity index is 323. The van der Waals surface area contributed by atoms with Gasteiger partial charge in [0.2, 0.25) is 0 Å². The average Bonchev–Trinajstić information content (AvgIpc) is 2.58. The Morgan fingerprint density at radius 3 is 2.67 bits per heavy atom. The van der Waals surface area contributed by atoms with E-state index >= 15 is 0 Å². The highest BCUT2D eigenvalue weighted by Gasteiger charge is 2.36. The van der Waals surface area contributed by atoms with Crippen LogP contribution in [-0.4, -0.2) is 20.1 Å². The molecule has 0 radical (unpaired) electrons. The molecule has 0 bridgehead atoms. The van der Waals surface area contributed by atoms with Crippen LogP contribution in [0, 0.1) is 12.3 Å². The van der Waals surface area contributed by atoms with Gasteiger partial charge in [0.15, 0.2) is 0 Å². The van der Waals surface area contributed by atoms with E-state index < -0.39 is 0 Å². The molecule has 84 valence electrons. The highest BCUT2D eigenvalue weighted by Crippen LogP contribution is 2.41. The van der Waals surface area contributed by atoms with Crippen LogP contribution in [0.15, 0.2) is 11.4 Å². The van der Waals surface area contributed by atoms with Crippen molar-refractivity contribution in [2.45, 2.75) is 26.2 Å². The first-order chi connectivity index (χ1) is 7.17. The van der Waals surface area contributed by atoms with Gasteiger partial charge in [-0.05, 0) is 43.3 Å². The highest BCUT2D eigenvalue weighted by molar-refractivity contribution is 7.14. The monoisotopic (exact) mass is 224 g/mol. The van der Waals surface area contributed by atoms with Crippen molar-refractivity contribution in [1.82, 2.24) is 0 Å². The van der Waals surface area contributed by atoms with Gasteiger partial charge >= 0.3 is 0 Å². The number of nitrogens with zero attached hydrogens (tertiary/aromatic N) is 1. The molecule has 0 unspecified atom stereocenters. The Labute approximate surface area is 96.1 Å². The van der Waals surface area contributed by atoms with Crippen molar-refractivity contribution in [3.63, 3.8) is 0 Å². The fourth-order valence-corrected chi connectivity index (χ4v) is 3.33. The predicted octanol–water partition coefficient (Wildman–Crippen LogP) is 2.62. The Balaban J connectivity index is 2.03. The van der Waals surface area contributed by atoms with Crippen molar-refractivity contribution in [3.8, 4) is 0 Å². The summed E-state index contributed by atoms with van der Waals surface area (Å²) in [5.74, 6) is 0. The number of anilines is 1. The molecule has 0 spiro atoms. The van der Waals surface area contributed by atoms with Crippen LogP contribution >= 0.6 is 11.3 Å². The van der Waals surface area contributed by atoms with Crippen molar-refractivity contribution in [2.75, 3.05) is 25.0 Å². The zero-order valence-corrected chi connectivity index (χ0v) is 10.4. The number of rotatable bonds is 4. The van der Waals surface area contributed by atoms with E-state index in [-0.39, 0.29) is 0 Å². The van der Waals surface area contributed by atoms with E-state index in [9.17, 15) is 0 Å². The standard InChI is InChI=1S/C12H20N2S/c1-10-4-7-15-11(10)14(2)9-12(8-13)5-3-6-12/h4,7H,3,5-6,8-9,13H2,1-2H3. The quantitative estimate of drug-likeness (QED) is 0.852. The minimum Gasteiger partial charge on any atom is -0.366 e. The molecule has 0 aliphatic heterocycles. The van der Waals surface area contributed by atoms with E-state index in [1.165, 1.54) is 29.8 Å². The second kappa shape index (κ2) is 4.14. The summed E-state index contributed by atoms with van der Waals surface area (Å²) in [6, 6.07) is 2.19. The lowest BCUT2D eigenvalue weighted by Crippen LogP contribution is -2.46. The van der Waals surface area contributed by atoms with Crippen LogP contribution in [0.2, 0.25) is 0 Å². The largest absolute Gasteiger partial charge is 0.366 e. The third-order valence-electron chi connectivity index (χ3n) is 3.60. The molecule has 1 aromatic rings. The van der Waals surface area contributed by atoms with Crippen LogP contribution in [0.4, 0.5) is 5.00 Å². The van der Waals surface area contributed by atoms with Gasteiger partial charge in [-0.2, -0.15) is 0 Å². The maximum absolute atomic E-state index is 5.89. The van der Waals surface area contributed by atoms with E-state index in [4.69, 9.17) is 5.73 Å². The van der Waals surface area contributed by atoms with Gasteiger partial charge in [-0.1, -0.05) is 6.42 Å². The summed E-state index contributed by atoms with van der Waals surface area (Å²) in [6.45, 7) is 4.13. The summed E-state index contributed by atoms with van der Waals surface area (Å²) >= 11 is 1.83. The number of nitrogens with two attached hydrogens (primary N) is 1. The lowest BCUT2D eigenvalue weighted by Gasteiger charge is -2.43. The molecule has 0 atom stereocenters. The molecule has 15 heavy (non-hydrogen) atoms. The molecule has 1 aliphatic rings. The summed E-state index contributed by atoms with van der Waals surface area (Å²) in [4.78, 5) is 2.38. The first-order valence-electron chi connectivity index (χ1n) is 5.62. The summed E-state index contributed by atoms with van der Waals surface area (Å²) in [5.41, 5.74) is 7.68. The van der Waals surface area contributed by atoms with E-state index in [0.29, 0.717) is 5.41 Å². The number of thiophene rings is 1. The molecule has 3 heteroatoms. The smallest absolute Gasteiger partial charge is 0.0935 e. The molecular weight excluding hydrogens is 204 g/mol. The summed E-state index contributed by atoms with van der Waals surface area (Å²) < 4.78 is 0. The maximum atomic E-state index is 5.89. The van der Waals surface area contributed by atoms with Crippen molar-refractivity contribution < 1.29 is 0 Å². The molecule has 0 amide bonds. The molecule has 1 aromatic heterocycles. The summed E-state index contributed by atoms with van der Waals surface area (Å²) in [5, 5.41) is 3.56. The van der Waals surface area contributed by atoms with Crippen LogP contribution in [0.5, 0.6) is 0 Å². The Morgan fingerprint density at radius 2 is 2.27 bits per heavy atom. The molecule has 0 saturated heterocycles. The molecule has 1 heterocycles. The van der Waals surface area contributed by atoms with Crippen LogP contribution in [0.25, 0.3) is 0 Å². The van der Waals surface area contributed by atoms with Crippen LogP contribution < -0.4 is 10.6 Å². The summed E-state index contributed by atoms with van der Waals surface area (Å²) in [6.07, 6.45) is 3.96. The Hall–Kier alpha value is -0.540. The normalized spacial score (nSPS) is 18.6. The molecule has 0 aromatic carbocycles. The van der Waals surface area contributed by atoms with Gasteiger partial charge in [0.25, 0.3) is 0 Å². The number of hydrogen-bond donors (Lipinski definition) is 1. The highest BCUT2D eigenvalue weighted by atomic mass is 32.1. The minimum absolute atomic E-state index is 0.408. The fourth-order valence-electron chi connectivity index (χ4n) is 2.43. The van der Waals surface area contributed by atoms with Crippen molar-refractivity contribution in [1.29, 1.82) is 0 Å². The van der Waals surface area contributed by atoms with Crippen LogP contribution in [0.3, 0.4) is 0 Å². The molecule has 1 saturated carbocycles. The Morgan fingerprint density at radius 1 is 1.53 bits per heavy atom. The van der Waals surface area contributed by atoms with E-state index in [0.717, 1.165) is 13.1 Å². The second-order valence-corrected chi connectivity index (χ2v) is 5.72.